The minimum atomic E-state index is -0.0478. The average Bonchev–Trinajstić information content (AvgIpc) is 2.14. The first kappa shape index (κ1) is 14.5. The molecule has 0 bridgehead atoms. The molecule has 0 aromatic carbocycles. The smallest absolute Gasteiger partial charge is 0.306 e. The molecule has 1 rings (SSSR count). The van der Waals surface area contributed by atoms with E-state index in [2.05, 4.69) is 20.8 Å². The van der Waals surface area contributed by atoms with Crippen LogP contribution >= 0.6 is 0 Å². The minimum absolute atomic E-state index is 0.0478. The van der Waals surface area contributed by atoms with Gasteiger partial charge in [0.2, 0.25) is 0 Å². The fourth-order valence-electron chi connectivity index (χ4n) is 3.01. The van der Waals surface area contributed by atoms with Crippen LogP contribution in [0.25, 0.3) is 0 Å². The lowest BCUT2D eigenvalue weighted by atomic mass is 9.71. The van der Waals surface area contributed by atoms with Gasteiger partial charge in [0, 0.05) is 6.42 Å². The Morgan fingerprint density at radius 3 is 2.65 bits per heavy atom. The Hall–Kier alpha value is -0.570. The molecule has 1 aliphatic rings. The molecular weight excluding hydrogens is 214 g/mol. The molecule has 3 nitrogen and oxygen atoms in total. The summed E-state index contributed by atoms with van der Waals surface area (Å²) in [5, 5.41) is 0. The van der Waals surface area contributed by atoms with E-state index in [1.807, 2.05) is 0 Å². The molecule has 0 saturated heterocycles. The second-order valence-electron chi connectivity index (χ2n) is 6.27. The van der Waals surface area contributed by atoms with Gasteiger partial charge in [0.1, 0.15) is 6.10 Å². The Labute approximate surface area is 105 Å². The topological polar surface area (TPSA) is 52.3 Å². The Kier molecular flexibility index (Phi) is 5.44. The number of carbonyl (C=O) groups excluding carboxylic acids is 1. The summed E-state index contributed by atoms with van der Waals surface area (Å²) in [5.41, 5.74) is 5.71. The van der Waals surface area contributed by atoms with E-state index in [0.717, 1.165) is 25.7 Å². The van der Waals surface area contributed by atoms with E-state index in [4.69, 9.17) is 10.5 Å². The first-order valence-corrected chi connectivity index (χ1v) is 6.82. The van der Waals surface area contributed by atoms with Gasteiger partial charge in [-0.05, 0) is 50.0 Å². The zero-order valence-electron chi connectivity index (χ0n) is 11.5. The summed E-state index contributed by atoms with van der Waals surface area (Å²) >= 11 is 0. The number of unbranched alkanes of at least 4 members (excludes halogenated alkanes) is 1. The molecule has 0 aromatic heterocycles. The predicted molar refractivity (Wildman–Crippen MR) is 69.6 cm³/mol. The fourth-order valence-corrected chi connectivity index (χ4v) is 3.01. The van der Waals surface area contributed by atoms with Crippen LogP contribution in [-0.4, -0.2) is 18.6 Å². The van der Waals surface area contributed by atoms with Gasteiger partial charge in [0.25, 0.3) is 0 Å². The van der Waals surface area contributed by atoms with Crippen LogP contribution in [0.5, 0.6) is 0 Å². The predicted octanol–water partition coefficient (Wildman–Crippen LogP) is 2.87. The molecule has 0 radical (unpaired) electrons. The van der Waals surface area contributed by atoms with Crippen molar-refractivity contribution in [2.24, 2.45) is 17.1 Å². The molecule has 0 aromatic rings. The number of hydrogen-bond donors (Lipinski definition) is 1. The second kappa shape index (κ2) is 6.39. The zero-order chi connectivity index (χ0) is 12.9. The van der Waals surface area contributed by atoms with E-state index in [9.17, 15) is 4.79 Å². The number of esters is 1. The first-order chi connectivity index (χ1) is 7.93. The summed E-state index contributed by atoms with van der Waals surface area (Å²) < 4.78 is 5.56. The van der Waals surface area contributed by atoms with Crippen molar-refractivity contribution in [3.63, 3.8) is 0 Å². The summed E-state index contributed by atoms with van der Waals surface area (Å²) in [5.74, 6) is 0.606. The maximum Gasteiger partial charge on any atom is 0.306 e. The van der Waals surface area contributed by atoms with Gasteiger partial charge in [-0.3, -0.25) is 4.79 Å². The Bertz CT molecular complexity index is 251. The standard InChI is InChI=1S/C14H27NO2/c1-11-8-12(10-14(2,3)9-11)17-13(16)6-4-5-7-15/h11-12H,4-10,15H2,1-3H3. The van der Waals surface area contributed by atoms with Gasteiger partial charge in [-0.25, -0.2) is 0 Å². The third-order valence-corrected chi connectivity index (χ3v) is 3.48. The first-order valence-electron chi connectivity index (χ1n) is 6.82. The van der Waals surface area contributed by atoms with E-state index in [1.165, 1.54) is 6.42 Å². The molecule has 1 fully saturated rings. The number of ether oxygens (including phenoxy) is 1. The van der Waals surface area contributed by atoms with E-state index in [-0.39, 0.29) is 12.1 Å². The van der Waals surface area contributed by atoms with Crippen LogP contribution in [0, 0.1) is 11.3 Å². The van der Waals surface area contributed by atoms with Gasteiger partial charge in [-0.2, -0.15) is 0 Å². The van der Waals surface area contributed by atoms with Crippen LogP contribution in [-0.2, 0) is 9.53 Å². The third-order valence-electron chi connectivity index (χ3n) is 3.48. The highest BCUT2D eigenvalue weighted by atomic mass is 16.5. The highest BCUT2D eigenvalue weighted by molar-refractivity contribution is 5.69. The van der Waals surface area contributed by atoms with Gasteiger partial charge >= 0.3 is 5.97 Å². The van der Waals surface area contributed by atoms with Crippen LogP contribution in [0.15, 0.2) is 0 Å². The number of rotatable bonds is 5. The lowest BCUT2D eigenvalue weighted by Crippen LogP contribution is -2.33. The van der Waals surface area contributed by atoms with Crippen molar-refractivity contribution < 1.29 is 9.53 Å². The van der Waals surface area contributed by atoms with Gasteiger partial charge in [-0.15, -0.1) is 0 Å². The van der Waals surface area contributed by atoms with Gasteiger partial charge in [0.05, 0.1) is 0 Å². The third kappa shape index (κ3) is 5.53. The number of nitrogens with two attached hydrogens (primary N) is 1. The molecular formula is C14H27NO2. The molecule has 0 spiro atoms. The van der Waals surface area contributed by atoms with E-state index in [0.29, 0.717) is 24.3 Å². The molecule has 1 saturated carbocycles. The van der Waals surface area contributed by atoms with Crippen molar-refractivity contribution in [3.05, 3.63) is 0 Å². The molecule has 1 aliphatic carbocycles. The van der Waals surface area contributed by atoms with Crippen LogP contribution < -0.4 is 5.73 Å². The largest absolute Gasteiger partial charge is 0.462 e. The minimum Gasteiger partial charge on any atom is -0.462 e. The Morgan fingerprint density at radius 1 is 1.35 bits per heavy atom. The summed E-state index contributed by atoms with van der Waals surface area (Å²) in [6.45, 7) is 7.42. The summed E-state index contributed by atoms with van der Waals surface area (Å²) in [6.07, 6.45) is 5.64. The number of carbonyl (C=O) groups is 1. The molecule has 0 aliphatic heterocycles. The SMILES string of the molecule is CC1CC(OC(=O)CCCCN)CC(C)(C)C1. The normalized spacial score (nSPS) is 27.8. The van der Waals surface area contributed by atoms with Crippen LogP contribution in [0.1, 0.15) is 59.3 Å². The molecule has 2 unspecified atom stereocenters. The lowest BCUT2D eigenvalue weighted by Gasteiger charge is -2.38. The van der Waals surface area contributed by atoms with Crippen molar-refractivity contribution in [1.82, 2.24) is 0 Å². The Balaban J connectivity index is 2.32. The molecule has 3 heteroatoms. The highest BCUT2D eigenvalue weighted by Gasteiger charge is 2.33. The lowest BCUT2D eigenvalue weighted by molar-refractivity contribution is -0.153. The quantitative estimate of drug-likeness (QED) is 0.595. The van der Waals surface area contributed by atoms with Gasteiger partial charge in [0.15, 0.2) is 0 Å². The second-order valence-corrected chi connectivity index (χ2v) is 6.27. The average molecular weight is 241 g/mol. The summed E-state index contributed by atoms with van der Waals surface area (Å²) in [7, 11) is 0. The van der Waals surface area contributed by atoms with E-state index < -0.39 is 0 Å². The molecule has 100 valence electrons. The van der Waals surface area contributed by atoms with Crippen molar-refractivity contribution in [1.29, 1.82) is 0 Å². The maximum atomic E-state index is 11.6. The monoisotopic (exact) mass is 241 g/mol. The van der Waals surface area contributed by atoms with Crippen molar-refractivity contribution in [2.75, 3.05) is 6.54 Å². The zero-order valence-corrected chi connectivity index (χ0v) is 11.5. The van der Waals surface area contributed by atoms with Crippen molar-refractivity contribution in [2.45, 2.75) is 65.4 Å². The maximum absolute atomic E-state index is 11.6. The van der Waals surface area contributed by atoms with Crippen molar-refractivity contribution >= 4 is 5.97 Å². The van der Waals surface area contributed by atoms with Crippen LogP contribution in [0.4, 0.5) is 0 Å². The fraction of sp³-hybridized carbons (Fsp3) is 0.929. The van der Waals surface area contributed by atoms with Crippen molar-refractivity contribution in [3.8, 4) is 0 Å². The summed E-state index contributed by atoms with van der Waals surface area (Å²) in [4.78, 5) is 11.6. The van der Waals surface area contributed by atoms with Crippen LogP contribution in [0.3, 0.4) is 0 Å². The Morgan fingerprint density at radius 2 is 2.06 bits per heavy atom. The molecule has 2 atom stereocenters. The summed E-state index contributed by atoms with van der Waals surface area (Å²) in [6, 6.07) is 0. The van der Waals surface area contributed by atoms with Gasteiger partial charge in [-0.1, -0.05) is 20.8 Å². The number of hydrogen-bond acceptors (Lipinski definition) is 3. The van der Waals surface area contributed by atoms with Crippen LogP contribution in [0.2, 0.25) is 0 Å². The van der Waals surface area contributed by atoms with E-state index >= 15 is 0 Å². The molecule has 17 heavy (non-hydrogen) atoms. The molecule has 0 heterocycles. The molecule has 0 amide bonds. The molecule has 2 N–H and O–H groups in total. The van der Waals surface area contributed by atoms with E-state index in [1.54, 1.807) is 0 Å². The van der Waals surface area contributed by atoms with Gasteiger partial charge < -0.3 is 10.5 Å². The highest BCUT2D eigenvalue weighted by Crippen LogP contribution is 2.39.